The Hall–Kier alpha value is -0.660. The van der Waals surface area contributed by atoms with E-state index < -0.39 is 16.0 Å². The summed E-state index contributed by atoms with van der Waals surface area (Å²) in [5.41, 5.74) is 0. The number of ether oxygens (including phenoxy) is 1. The van der Waals surface area contributed by atoms with Gasteiger partial charge in [-0.15, -0.1) is 0 Å². The first kappa shape index (κ1) is 14.4. The van der Waals surface area contributed by atoms with Crippen LogP contribution in [0.2, 0.25) is 0 Å². The van der Waals surface area contributed by atoms with Crippen LogP contribution in [0.15, 0.2) is 0 Å². The normalized spacial score (nSPS) is 17.9. The molecule has 0 atom stereocenters. The van der Waals surface area contributed by atoms with Gasteiger partial charge >= 0.3 is 5.97 Å². The molecule has 0 aliphatic carbocycles. The second kappa shape index (κ2) is 6.93. The molecule has 7 heteroatoms. The average molecular weight is 264 g/mol. The van der Waals surface area contributed by atoms with Crippen LogP contribution in [0.5, 0.6) is 0 Å². The van der Waals surface area contributed by atoms with E-state index in [2.05, 4.69) is 14.8 Å². The van der Waals surface area contributed by atoms with Crippen molar-refractivity contribution in [2.24, 2.45) is 0 Å². The largest absolute Gasteiger partial charge is 0.466 e. The highest BCUT2D eigenvalue weighted by atomic mass is 32.2. The fraction of sp³-hybridized carbons (Fsp3) is 0.900. The SMILES string of the molecule is CCOC(=O)CCS(=O)(=O)NC1CCNCC1. The zero-order chi connectivity index (χ0) is 12.7. The number of rotatable bonds is 6. The Kier molecular flexibility index (Phi) is 5.87. The van der Waals surface area contributed by atoms with Gasteiger partial charge in [0.05, 0.1) is 18.8 Å². The van der Waals surface area contributed by atoms with E-state index in [0.717, 1.165) is 25.9 Å². The molecular weight excluding hydrogens is 244 g/mol. The molecule has 0 aromatic rings. The van der Waals surface area contributed by atoms with Crippen molar-refractivity contribution in [3.8, 4) is 0 Å². The molecule has 0 unspecified atom stereocenters. The summed E-state index contributed by atoms with van der Waals surface area (Å²) in [6.07, 6.45) is 1.49. The van der Waals surface area contributed by atoms with Gasteiger partial charge in [-0.3, -0.25) is 4.79 Å². The lowest BCUT2D eigenvalue weighted by Gasteiger charge is -2.23. The molecule has 100 valence electrons. The number of carbonyl (C=O) groups is 1. The number of esters is 1. The summed E-state index contributed by atoms with van der Waals surface area (Å²) in [6.45, 7) is 3.62. The summed E-state index contributed by atoms with van der Waals surface area (Å²) in [5.74, 6) is -0.668. The third kappa shape index (κ3) is 5.99. The highest BCUT2D eigenvalue weighted by Crippen LogP contribution is 2.04. The molecule has 1 saturated heterocycles. The monoisotopic (exact) mass is 264 g/mol. The highest BCUT2D eigenvalue weighted by molar-refractivity contribution is 7.89. The van der Waals surface area contributed by atoms with Gasteiger partial charge in [-0.1, -0.05) is 0 Å². The first-order chi connectivity index (χ1) is 8.03. The van der Waals surface area contributed by atoms with Crippen LogP contribution in [0, 0.1) is 0 Å². The van der Waals surface area contributed by atoms with Crippen molar-refractivity contribution in [2.75, 3.05) is 25.4 Å². The van der Waals surface area contributed by atoms with Crippen LogP contribution in [0.1, 0.15) is 26.2 Å². The van der Waals surface area contributed by atoms with Crippen LogP contribution >= 0.6 is 0 Å². The Bertz CT molecular complexity index is 336. The molecule has 6 nitrogen and oxygen atoms in total. The molecule has 1 fully saturated rings. The van der Waals surface area contributed by atoms with E-state index in [4.69, 9.17) is 0 Å². The average Bonchev–Trinajstić information content (AvgIpc) is 2.28. The Morgan fingerprint density at radius 1 is 1.41 bits per heavy atom. The minimum Gasteiger partial charge on any atom is -0.466 e. The predicted octanol–water partition coefficient (Wildman–Crippen LogP) is -0.389. The van der Waals surface area contributed by atoms with Gasteiger partial charge < -0.3 is 10.1 Å². The summed E-state index contributed by atoms with van der Waals surface area (Å²) in [7, 11) is -3.37. The Balaban J connectivity index is 2.32. The molecule has 0 saturated carbocycles. The number of sulfonamides is 1. The molecule has 1 rings (SSSR count). The topological polar surface area (TPSA) is 84.5 Å². The van der Waals surface area contributed by atoms with Gasteiger partial charge in [0.25, 0.3) is 0 Å². The lowest BCUT2D eigenvalue weighted by molar-refractivity contribution is -0.142. The maximum atomic E-state index is 11.7. The third-order valence-electron chi connectivity index (χ3n) is 2.57. The van der Waals surface area contributed by atoms with Gasteiger partial charge in [-0.05, 0) is 32.9 Å². The molecule has 1 aliphatic heterocycles. The smallest absolute Gasteiger partial charge is 0.306 e. The second-order valence-electron chi connectivity index (χ2n) is 4.02. The van der Waals surface area contributed by atoms with Gasteiger partial charge in [0, 0.05) is 6.04 Å². The minimum atomic E-state index is -3.37. The number of nitrogens with one attached hydrogen (secondary N) is 2. The van der Waals surface area contributed by atoms with E-state index in [-0.39, 0.29) is 24.8 Å². The second-order valence-corrected chi connectivity index (χ2v) is 5.89. The van der Waals surface area contributed by atoms with Crippen molar-refractivity contribution >= 4 is 16.0 Å². The van der Waals surface area contributed by atoms with Crippen LogP contribution in [-0.2, 0) is 19.6 Å². The Labute approximate surface area is 102 Å². The van der Waals surface area contributed by atoms with E-state index >= 15 is 0 Å². The van der Waals surface area contributed by atoms with Crippen LogP contribution in [0.4, 0.5) is 0 Å². The van der Waals surface area contributed by atoms with E-state index in [1.807, 2.05) is 0 Å². The zero-order valence-corrected chi connectivity index (χ0v) is 10.9. The molecule has 1 aliphatic rings. The molecule has 0 bridgehead atoms. The summed E-state index contributed by atoms with van der Waals surface area (Å²) < 4.78 is 30.6. The molecule has 0 aromatic heterocycles. The van der Waals surface area contributed by atoms with Crippen LogP contribution < -0.4 is 10.0 Å². The van der Waals surface area contributed by atoms with Gasteiger partial charge in [0.2, 0.25) is 10.0 Å². The number of hydrogen-bond acceptors (Lipinski definition) is 5. The number of carbonyl (C=O) groups excluding carboxylic acids is 1. The molecule has 0 radical (unpaired) electrons. The molecule has 1 heterocycles. The van der Waals surface area contributed by atoms with Gasteiger partial charge in [0.15, 0.2) is 0 Å². The van der Waals surface area contributed by atoms with Crippen molar-refractivity contribution in [3.63, 3.8) is 0 Å². The Morgan fingerprint density at radius 3 is 2.65 bits per heavy atom. The van der Waals surface area contributed by atoms with E-state index in [9.17, 15) is 13.2 Å². The molecule has 17 heavy (non-hydrogen) atoms. The van der Waals surface area contributed by atoms with Crippen LogP contribution in [0.3, 0.4) is 0 Å². The van der Waals surface area contributed by atoms with E-state index in [0.29, 0.717) is 0 Å². The lowest BCUT2D eigenvalue weighted by Crippen LogP contribution is -2.43. The lowest BCUT2D eigenvalue weighted by atomic mass is 10.1. The Morgan fingerprint density at radius 2 is 2.06 bits per heavy atom. The summed E-state index contributed by atoms with van der Waals surface area (Å²) in [5, 5.41) is 3.16. The number of piperidine rings is 1. The molecule has 0 amide bonds. The van der Waals surface area contributed by atoms with Crippen molar-refractivity contribution in [1.82, 2.24) is 10.0 Å². The maximum absolute atomic E-state index is 11.7. The fourth-order valence-corrected chi connectivity index (χ4v) is 3.00. The first-order valence-electron chi connectivity index (χ1n) is 5.90. The molecule has 2 N–H and O–H groups in total. The zero-order valence-electron chi connectivity index (χ0n) is 10.1. The third-order valence-corrected chi connectivity index (χ3v) is 4.00. The maximum Gasteiger partial charge on any atom is 0.306 e. The quantitative estimate of drug-likeness (QED) is 0.638. The molecular formula is C10H20N2O4S. The number of hydrogen-bond donors (Lipinski definition) is 2. The van der Waals surface area contributed by atoms with Gasteiger partial charge in [-0.2, -0.15) is 0 Å². The molecule has 0 aromatic carbocycles. The van der Waals surface area contributed by atoms with Crippen molar-refractivity contribution < 1.29 is 17.9 Å². The van der Waals surface area contributed by atoms with E-state index in [1.54, 1.807) is 6.92 Å². The standard InChI is InChI=1S/C10H20N2O4S/c1-2-16-10(13)5-8-17(14,15)12-9-3-6-11-7-4-9/h9,11-12H,2-8H2,1H3. The minimum absolute atomic E-state index is 0.0107. The fourth-order valence-electron chi connectivity index (χ4n) is 1.70. The highest BCUT2D eigenvalue weighted by Gasteiger charge is 2.20. The van der Waals surface area contributed by atoms with Gasteiger partial charge in [0.1, 0.15) is 0 Å². The molecule has 0 spiro atoms. The van der Waals surface area contributed by atoms with Crippen LogP contribution in [0.25, 0.3) is 0 Å². The summed E-state index contributed by atoms with van der Waals surface area (Å²) in [6, 6.07) is -0.0107. The predicted molar refractivity (Wildman–Crippen MR) is 64.1 cm³/mol. The van der Waals surface area contributed by atoms with Crippen LogP contribution in [-0.4, -0.2) is 45.9 Å². The first-order valence-corrected chi connectivity index (χ1v) is 7.55. The van der Waals surface area contributed by atoms with Gasteiger partial charge in [-0.25, -0.2) is 13.1 Å². The van der Waals surface area contributed by atoms with Crippen molar-refractivity contribution in [1.29, 1.82) is 0 Å². The summed E-state index contributed by atoms with van der Waals surface area (Å²) >= 11 is 0. The van der Waals surface area contributed by atoms with E-state index in [1.165, 1.54) is 0 Å². The van der Waals surface area contributed by atoms with Crippen molar-refractivity contribution in [3.05, 3.63) is 0 Å². The van der Waals surface area contributed by atoms with Crippen molar-refractivity contribution in [2.45, 2.75) is 32.2 Å². The summed E-state index contributed by atoms with van der Waals surface area (Å²) in [4.78, 5) is 11.1.